The number of benzene rings is 2. The number of hydrogen-bond acceptors (Lipinski definition) is 3. The molecule has 2 rings (SSSR count). The maximum absolute atomic E-state index is 11.8. The van der Waals surface area contributed by atoms with Crippen molar-refractivity contribution in [2.24, 2.45) is 0 Å². The average Bonchev–Trinajstić information content (AvgIpc) is 2.61. The van der Waals surface area contributed by atoms with E-state index < -0.39 is 0 Å². The molecule has 2 N–H and O–H groups in total. The van der Waals surface area contributed by atoms with Crippen LogP contribution in [0.4, 0.5) is 0 Å². The van der Waals surface area contributed by atoms with Gasteiger partial charge in [0, 0.05) is 18.0 Å². The molecule has 0 saturated carbocycles. The molecule has 25 heavy (non-hydrogen) atoms. The smallest absolute Gasteiger partial charge is 0.226 e. The molecule has 0 bridgehead atoms. The van der Waals surface area contributed by atoms with E-state index in [1.165, 1.54) is 5.56 Å². The lowest BCUT2D eigenvalue weighted by atomic mass is 10.1. The van der Waals surface area contributed by atoms with Crippen molar-refractivity contribution >= 4 is 34.8 Å². The van der Waals surface area contributed by atoms with Gasteiger partial charge in [0.25, 0.3) is 0 Å². The third-order valence-corrected chi connectivity index (χ3v) is 3.92. The number of ether oxygens (including phenoxy) is 1. The summed E-state index contributed by atoms with van der Waals surface area (Å²) < 4.78 is 5.54. The van der Waals surface area contributed by atoms with Crippen LogP contribution in [-0.2, 0) is 11.2 Å². The zero-order valence-electron chi connectivity index (χ0n) is 13.8. The molecule has 0 heterocycles. The average molecular weight is 377 g/mol. The zero-order valence-corrected chi connectivity index (χ0v) is 15.4. The Balaban J connectivity index is 1.55. The minimum atomic E-state index is -0.114. The molecule has 0 fully saturated rings. The highest BCUT2D eigenvalue weighted by atomic mass is 35.5. The van der Waals surface area contributed by atoms with Crippen LogP contribution in [0.15, 0.2) is 54.6 Å². The number of thiocarbonyl (C=S) groups is 1. The van der Waals surface area contributed by atoms with E-state index >= 15 is 0 Å². The van der Waals surface area contributed by atoms with Gasteiger partial charge in [-0.15, -0.1) is 0 Å². The molecule has 2 aromatic rings. The van der Waals surface area contributed by atoms with Crippen LogP contribution in [-0.4, -0.2) is 24.2 Å². The normalized spacial score (nSPS) is 10.1. The fraction of sp³-hybridized carbons (Fsp3) is 0.263. The van der Waals surface area contributed by atoms with Gasteiger partial charge in [-0.3, -0.25) is 4.79 Å². The van der Waals surface area contributed by atoms with E-state index in [-0.39, 0.29) is 5.91 Å². The molecule has 2 aromatic carbocycles. The molecule has 0 aliphatic heterocycles. The second-order valence-electron chi connectivity index (χ2n) is 5.45. The predicted octanol–water partition coefficient (Wildman–Crippen LogP) is 3.73. The van der Waals surface area contributed by atoms with Gasteiger partial charge in [-0.1, -0.05) is 41.9 Å². The summed E-state index contributed by atoms with van der Waals surface area (Å²) in [5.74, 6) is 0.625. The lowest BCUT2D eigenvalue weighted by Crippen LogP contribution is -2.40. The Labute approximate surface area is 158 Å². The van der Waals surface area contributed by atoms with Crippen LogP contribution in [0.2, 0.25) is 5.02 Å². The number of rotatable bonds is 8. The zero-order chi connectivity index (χ0) is 17.9. The summed E-state index contributed by atoms with van der Waals surface area (Å²) in [6, 6.07) is 17.2. The van der Waals surface area contributed by atoms with Crippen LogP contribution in [0.3, 0.4) is 0 Å². The molecule has 4 nitrogen and oxygen atoms in total. The summed E-state index contributed by atoms with van der Waals surface area (Å²) in [6.45, 7) is 1.14. The summed E-state index contributed by atoms with van der Waals surface area (Å²) in [6.07, 6.45) is 1.82. The van der Waals surface area contributed by atoms with Gasteiger partial charge < -0.3 is 15.4 Å². The third-order valence-electron chi connectivity index (χ3n) is 3.43. The molecule has 6 heteroatoms. The molecular formula is C19H21ClN2O2S. The predicted molar refractivity (Wildman–Crippen MR) is 105 cm³/mol. The first-order valence-corrected chi connectivity index (χ1v) is 8.92. The highest BCUT2D eigenvalue weighted by Crippen LogP contribution is 2.15. The van der Waals surface area contributed by atoms with E-state index in [1.54, 1.807) is 24.3 Å². The molecule has 0 atom stereocenters. The Bertz CT molecular complexity index is 678. The lowest BCUT2D eigenvalue weighted by Gasteiger charge is -2.10. The van der Waals surface area contributed by atoms with Gasteiger partial charge in [-0.25, -0.2) is 0 Å². The standard InChI is InChI=1S/C19H21ClN2O2S/c20-16-8-10-17(11-9-16)24-14-4-7-18(23)22-19(25)21-13-12-15-5-2-1-3-6-15/h1-3,5-6,8-11H,4,7,12-14H2,(H2,21,22,23,25). The quantitative estimate of drug-likeness (QED) is 0.544. The van der Waals surface area contributed by atoms with E-state index in [0.29, 0.717) is 36.1 Å². The minimum absolute atomic E-state index is 0.114. The van der Waals surface area contributed by atoms with Crippen molar-refractivity contribution in [2.45, 2.75) is 19.3 Å². The minimum Gasteiger partial charge on any atom is -0.494 e. The molecule has 0 unspecified atom stereocenters. The first-order valence-electron chi connectivity index (χ1n) is 8.13. The second-order valence-corrected chi connectivity index (χ2v) is 6.29. The number of carbonyl (C=O) groups excluding carboxylic acids is 1. The van der Waals surface area contributed by atoms with Crippen molar-refractivity contribution in [1.29, 1.82) is 0 Å². The number of amides is 1. The topological polar surface area (TPSA) is 50.4 Å². The monoisotopic (exact) mass is 376 g/mol. The second kappa shape index (κ2) is 10.7. The lowest BCUT2D eigenvalue weighted by molar-refractivity contribution is -0.119. The molecule has 0 saturated heterocycles. The van der Waals surface area contributed by atoms with Gasteiger partial charge >= 0.3 is 0 Å². The fourth-order valence-electron chi connectivity index (χ4n) is 2.15. The van der Waals surface area contributed by atoms with Gasteiger partial charge in [0.1, 0.15) is 5.75 Å². The highest BCUT2D eigenvalue weighted by Gasteiger charge is 2.04. The van der Waals surface area contributed by atoms with Crippen molar-refractivity contribution < 1.29 is 9.53 Å². The molecule has 0 radical (unpaired) electrons. The first kappa shape index (κ1) is 19.2. The van der Waals surface area contributed by atoms with Gasteiger partial charge in [0.15, 0.2) is 5.11 Å². The fourth-order valence-corrected chi connectivity index (χ4v) is 2.49. The Morgan fingerprint density at radius 1 is 1.08 bits per heavy atom. The summed E-state index contributed by atoms with van der Waals surface area (Å²) in [5, 5.41) is 6.75. The van der Waals surface area contributed by atoms with Crippen LogP contribution in [0.25, 0.3) is 0 Å². The summed E-state index contributed by atoms with van der Waals surface area (Å²) >= 11 is 10.9. The summed E-state index contributed by atoms with van der Waals surface area (Å²) in [7, 11) is 0. The Hall–Kier alpha value is -2.11. The largest absolute Gasteiger partial charge is 0.494 e. The van der Waals surface area contributed by atoms with E-state index in [1.807, 2.05) is 18.2 Å². The third kappa shape index (κ3) is 8.01. The van der Waals surface area contributed by atoms with Crippen molar-refractivity contribution in [3.63, 3.8) is 0 Å². The van der Waals surface area contributed by atoms with Gasteiger partial charge in [0.05, 0.1) is 6.61 Å². The van der Waals surface area contributed by atoms with Crippen molar-refractivity contribution in [3.05, 3.63) is 65.2 Å². The Morgan fingerprint density at radius 2 is 1.80 bits per heavy atom. The van der Waals surface area contributed by atoms with E-state index in [0.717, 1.165) is 12.2 Å². The highest BCUT2D eigenvalue weighted by molar-refractivity contribution is 7.80. The van der Waals surface area contributed by atoms with Crippen LogP contribution >= 0.6 is 23.8 Å². The molecule has 0 aromatic heterocycles. The molecule has 0 aliphatic rings. The Kier molecular flexibility index (Phi) is 8.22. The molecular weight excluding hydrogens is 356 g/mol. The number of nitrogens with one attached hydrogen (secondary N) is 2. The van der Waals surface area contributed by atoms with Crippen molar-refractivity contribution in [3.8, 4) is 5.75 Å². The van der Waals surface area contributed by atoms with Crippen LogP contribution in [0.1, 0.15) is 18.4 Å². The number of carbonyl (C=O) groups is 1. The SMILES string of the molecule is O=C(CCCOc1ccc(Cl)cc1)NC(=S)NCCc1ccccc1. The van der Waals surface area contributed by atoms with Crippen LogP contribution in [0, 0.1) is 0 Å². The van der Waals surface area contributed by atoms with Gasteiger partial charge in [-0.2, -0.15) is 0 Å². The van der Waals surface area contributed by atoms with Crippen molar-refractivity contribution in [1.82, 2.24) is 10.6 Å². The Morgan fingerprint density at radius 3 is 2.52 bits per heavy atom. The van der Waals surface area contributed by atoms with Gasteiger partial charge in [-0.05, 0) is 54.9 Å². The summed E-state index contributed by atoms with van der Waals surface area (Å²) in [4.78, 5) is 11.8. The molecule has 1 amide bonds. The maximum Gasteiger partial charge on any atom is 0.226 e. The van der Waals surface area contributed by atoms with E-state index in [9.17, 15) is 4.79 Å². The molecule has 132 valence electrons. The van der Waals surface area contributed by atoms with Crippen LogP contribution in [0.5, 0.6) is 5.75 Å². The number of halogens is 1. The maximum atomic E-state index is 11.8. The summed E-state index contributed by atoms with van der Waals surface area (Å²) in [5.41, 5.74) is 1.23. The van der Waals surface area contributed by atoms with E-state index in [4.69, 9.17) is 28.6 Å². The van der Waals surface area contributed by atoms with Gasteiger partial charge in [0.2, 0.25) is 5.91 Å². The van der Waals surface area contributed by atoms with E-state index in [2.05, 4.69) is 22.8 Å². The first-order chi connectivity index (χ1) is 12.1. The van der Waals surface area contributed by atoms with Crippen molar-refractivity contribution in [2.75, 3.05) is 13.2 Å². The number of hydrogen-bond donors (Lipinski definition) is 2. The molecule has 0 spiro atoms. The molecule has 0 aliphatic carbocycles. The van der Waals surface area contributed by atoms with Crippen LogP contribution < -0.4 is 15.4 Å².